The minimum absolute atomic E-state index is 0.00850. The van der Waals surface area contributed by atoms with E-state index in [9.17, 15) is 20.0 Å². The summed E-state index contributed by atoms with van der Waals surface area (Å²) in [6.07, 6.45) is -1.21. The fraction of sp³-hybridized carbons (Fsp3) is 0.214. The number of hydrogen-bond acceptors (Lipinski definition) is 5. The van der Waals surface area contributed by atoms with Gasteiger partial charge in [0.2, 0.25) is 0 Å². The summed E-state index contributed by atoms with van der Waals surface area (Å²) in [5.74, 6) is -0.702. The zero-order valence-corrected chi connectivity index (χ0v) is 11.5. The highest BCUT2D eigenvalue weighted by Crippen LogP contribution is 2.32. The summed E-state index contributed by atoms with van der Waals surface area (Å²) >= 11 is 0. The highest BCUT2D eigenvalue weighted by atomic mass is 16.6. The number of carbonyl (C=O) groups excluding carboxylic acids is 1. The van der Waals surface area contributed by atoms with Gasteiger partial charge in [0.05, 0.1) is 12.0 Å². The van der Waals surface area contributed by atoms with Crippen LogP contribution in [0, 0.1) is 10.1 Å². The lowest BCUT2D eigenvalue weighted by molar-refractivity contribution is -0.386. The first-order valence-electron chi connectivity index (χ1n) is 6.12. The number of aliphatic hydroxyl groups is 1. The first kappa shape index (κ1) is 14.7. The van der Waals surface area contributed by atoms with Gasteiger partial charge in [0.25, 0.3) is 5.69 Å². The van der Waals surface area contributed by atoms with Gasteiger partial charge < -0.3 is 14.4 Å². The van der Waals surface area contributed by atoms with Gasteiger partial charge in [0, 0.05) is 13.1 Å². The van der Waals surface area contributed by atoms with E-state index in [2.05, 4.69) is 4.74 Å². The fourth-order valence-corrected chi connectivity index (χ4v) is 2.17. The molecule has 0 amide bonds. The number of nitro groups is 1. The number of aromatic nitrogens is 1. The summed E-state index contributed by atoms with van der Waals surface area (Å²) in [4.78, 5) is 22.2. The zero-order valence-electron chi connectivity index (χ0n) is 11.5. The number of nitrogens with zero attached hydrogens (tertiary/aromatic N) is 2. The molecule has 1 unspecified atom stereocenters. The van der Waals surface area contributed by atoms with Crippen LogP contribution in [-0.2, 0) is 11.8 Å². The van der Waals surface area contributed by atoms with Crippen molar-refractivity contribution in [2.75, 3.05) is 7.11 Å². The first-order valence-corrected chi connectivity index (χ1v) is 6.12. The van der Waals surface area contributed by atoms with Crippen molar-refractivity contribution < 1.29 is 19.6 Å². The molecule has 0 saturated heterocycles. The average molecular weight is 290 g/mol. The molecule has 0 fully saturated rings. The van der Waals surface area contributed by atoms with Gasteiger partial charge in [-0.3, -0.25) is 10.1 Å². The molecule has 0 spiro atoms. The van der Waals surface area contributed by atoms with Crippen molar-refractivity contribution >= 4 is 11.7 Å². The minimum Gasteiger partial charge on any atom is -0.464 e. The van der Waals surface area contributed by atoms with E-state index in [-0.39, 0.29) is 17.1 Å². The van der Waals surface area contributed by atoms with E-state index in [1.54, 1.807) is 30.3 Å². The fourth-order valence-electron chi connectivity index (χ4n) is 2.17. The van der Waals surface area contributed by atoms with Crippen molar-refractivity contribution in [3.8, 4) is 0 Å². The molecule has 0 radical (unpaired) electrons. The maximum absolute atomic E-state index is 11.6. The summed E-state index contributed by atoms with van der Waals surface area (Å²) in [5, 5.41) is 21.6. The Hall–Kier alpha value is -2.67. The lowest BCUT2D eigenvalue weighted by atomic mass is 10.1. The zero-order chi connectivity index (χ0) is 15.6. The van der Waals surface area contributed by atoms with E-state index < -0.39 is 17.0 Å². The highest BCUT2D eigenvalue weighted by molar-refractivity contribution is 5.89. The molecule has 1 heterocycles. The predicted molar refractivity (Wildman–Crippen MR) is 73.9 cm³/mol. The van der Waals surface area contributed by atoms with Gasteiger partial charge in [-0.1, -0.05) is 30.3 Å². The molecule has 1 aromatic heterocycles. The Kier molecular flexibility index (Phi) is 4.04. The van der Waals surface area contributed by atoms with Gasteiger partial charge in [-0.2, -0.15) is 0 Å². The Morgan fingerprint density at radius 1 is 1.38 bits per heavy atom. The molecule has 1 N–H and O–H groups in total. The molecule has 110 valence electrons. The molecule has 0 saturated carbocycles. The van der Waals surface area contributed by atoms with Crippen LogP contribution >= 0.6 is 0 Å². The molecule has 2 rings (SSSR count). The minimum atomic E-state index is -1.21. The Morgan fingerprint density at radius 3 is 2.52 bits per heavy atom. The number of ether oxygens (including phenoxy) is 1. The summed E-state index contributed by atoms with van der Waals surface area (Å²) in [6.45, 7) is 0. The number of esters is 1. The van der Waals surface area contributed by atoms with Crippen molar-refractivity contribution in [3.63, 3.8) is 0 Å². The molecule has 2 aromatic rings. The van der Waals surface area contributed by atoms with Gasteiger partial charge in [0.1, 0.15) is 17.5 Å². The smallest absolute Gasteiger partial charge is 0.354 e. The topological polar surface area (TPSA) is 94.6 Å². The van der Waals surface area contributed by atoms with Crippen molar-refractivity contribution in [2.45, 2.75) is 6.10 Å². The van der Waals surface area contributed by atoms with Crippen LogP contribution in [-0.4, -0.2) is 27.7 Å². The molecule has 21 heavy (non-hydrogen) atoms. The Labute approximate surface area is 120 Å². The molecule has 0 aliphatic heterocycles. The van der Waals surface area contributed by atoms with E-state index >= 15 is 0 Å². The van der Waals surface area contributed by atoms with Crippen LogP contribution in [0.15, 0.2) is 36.4 Å². The number of benzene rings is 1. The van der Waals surface area contributed by atoms with Gasteiger partial charge in [-0.15, -0.1) is 0 Å². The van der Waals surface area contributed by atoms with Crippen LogP contribution in [0.3, 0.4) is 0 Å². The maximum atomic E-state index is 11.6. The molecule has 7 nitrogen and oxygen atoms in total. The number of methoxy groups -OCH3 is 1. The van der Waals surface area contributed by atoms with Gasteiger partial charge in [-0.25, -0.2) is 4.79 Å². The van der Waals surface area contributed by atoms with Gasteiger partial charge >= 0.3 is 5.97 Å². The Balaban J connectivity index is 2.59. The van der Waals surface area contributed by atoms with Crippen LogP contribution in [0.2, 0.25) is 0 Å². The van der Waals surface area contributed by atoms with E-state index in [4.69, 9.17) is 0 Å². The Morgan fingerprint density at radius 2 is 2.00 bits per heavy atom. The quantitative estimate of drug-likeness (QED) is 0.526. The monoisotopic (exact) mass is 290 g/mol. The van der Waals surface area contributed by atoms with E-state index in [1.165, 1.54) is 18.7 Å². The lowest BCUT2D eigenvalue weighted by Crippen LogP contribution is -2.12. The number of carbonyl (C=O) groups is 1. The molecule has 0 bridgehead atoms. The van der Waals surface area contributed by atoms with E-state index in [1.807, 2.05) is 0 Å². The van der Waals surface area contributed by atoms with Gasteiger partial charge in [0.15, 0.2) is 0 Å². The van der Waals surface area contributed by atoms with E-state index in [0.29, 0.717) is 5.56 Å². The largest absolute Gasteiger partial charge is 0.464 e. The van der Waals surface area contributed by atoms with Crippen LogP contribution in [0.5, 0.6) is 0 Å². The van der Waals surface area contributed by atoms with Crippen molar-refractivity contribution in [3.05, 3.63) is 63.5 Å². The van der Waals surface area contributed by atoms with Gasteiger partial charge in [-0.05, 0) is 5.56 Å². The van der Waals surface area contributed by atoms with Crippen LogP contribution < -0.4 is 0 Å². The molecule has 0 aliphatic carbocycles. The summed E-state index contributed by atoms with van der Waals surface area (Å²) in [6, 6.07) is 9.62. The molecular formula is C14H14N2O5. The maximum Gasteiger partial charge on any atom is 0.354 e. The first-order chi connectivity index (χ1) is 9.97. The van der Waals surface area contributed by atoms with Crippen LogP contribution in [0.25, 0.3) is 0 Å². The van der Waals surface area contributed by atoms with Crippen molar-refractivity contribution in [1.82, 2.24) is 4.57 Å². The number of hydrogen-bond donors (Lipinski definition) is 1. The predicted octanol–water partition coefficient (Wildman–Crippen LogP) is 1.80. The standard InChI is InChI=1S/C14H14N2O5/c1-15-11(14(18)21-2)8-10(16(19)20)12(15)13(17)9-6-4-3-5-7-9/h3-8,13,17H,1-2H3. The lowest BCUT2D eigenvalue weighted by Gasteiger charge is -2.12. The van der Waals surface area contributed by atoms with Crippen molar-refractivity contribution in [1.29, 1.82) is 0 Å². The highest BCUT2D eigenvalue weighted by Gasteiger charge is 2.30. The second-order valence-corrected chi connectivity index (χ2v) is 4.42. The third-order valence-corrected chi connectivity index (χ3v) is 3.22. The second-order valence-electron chi connectivity index (χ2n) is 4.42. The molecular weight excluding hydrogens is 276 g/mol. The molecule has 1 atom stereocenters. The van der Waals surface area contributed by atoms with Crippen molar-refractivity contribution in [2.24, 2.45) is 7.05 Å². The summed E-state index contributed by atoms with van der Waals surface area (Å²) in [5.41, 5.74) is 0.216. The summed E-state index contributed by atoms with van der Waals surface area (Å²) in [7, 11) is 2.66. The number of rotatable bonds is 4. The average Bonchev–Trinajstić information content (AvgIpc) is 2.84. The molecule has 0 aliphatic rings. The SMILES string of the molecule is COC(=O)c1cc([N+](=O)[O-])c(C(O)c2ccccc2)n1C. The molecule has 1 aromatic carbocycles. The van der Waals surface area contributed by atoms with Crippen LogP contribution in [0.1, 0.15) is 27.8 Å². The second kappa shape index (κ2) is 5.76. The number of aliphatic hydroxyl groups excluding tert-OH is 1. The Bertz CT molecular complexity index is 678. The third kappa shape index (κ3) is 2.63. The summed E-state index contributed by atoms with van der Waals surface area (Å²) < 4.78 is 5.87. The normalized spacial score (nSPS) is 12.0. The van der Waals surface area contributed by atoms with E-state index in [0.717, 1.165) is 6.07 Å². The molecule has 7 heteroatoms. The van der Waals surface area contributed by atoms with Crippen LogP contribution in [0.4, 0.5) is 5.69 Å². The third-order valence-electron chi connectivity index (χ3n) is 3.22.